The smallest absolute Gasteiger partial charge is 0.462 e. The fourth-order valence-electron chi connectivity index (χ4n) is 0.559. The second kappa shape index (κ2) is 7.85. The lowest BCUT2D eigenvalue weighted by atomic mass is 10.4. The van der Waals surface area contributed by atoms with E-state index in [1.165, 1.54) is 6.08 Å². The van der Waals surface area contributed by atoms with Crippen LogP contribution in [0.4, 0.5) is 4.79 Å². The normalized spacial score (nSPS) is 8.57. The molecule has 0 aromatic rings. The first-order valence-electron chi connectivity index (χ1n) is 3.91. The van der Waals surface area contributed by atoms with Crippen molar-refractivity contribution in [3.05, 3.63) is 25.5 Å². The molecular weight excluding hydrogens is 188 g/mol. The molecule has 0 aliphatic carbocycles. The van der Waals surface area contributed by atoms with Gasteiger partial charge >= 0.3 is 12.1 Å². The van der Waals surface area contributed by atoms with Crippen molar-refractivity contribution in [2.75, 3.05) is 13.2 Å². The van der Waals surface area contributed by atoms with Gasteiger partial charge in [0.05, 0.1) is 12.7 Å². The van der Waals surface area contributed by atoms with Gasteiger partial charge in [0.25, 0.3) is 0 Å². The van der Waals surface area contributed by atoms with Crippen molar-refractivity contribution < 1.29 is 23.8 Å². The molecule has 0 rings (SSSR count). The van der Waals surface area contributed by atoms with Crippen LogP contribution < -0.4 is 0 Å². The van der Waals surface area contributed by atoms with Gasteiger partial charge in [0.1, 0.15) is 13.2 Å². The van der Waals surface area contributed by atoms with E-state index >= 15 is 0 Å². The molecule has 0 bridgehead atoms. The second-order valence-corrected chi connectivity index (χ2v) is 2.10. The molecule has 14 heavy (non-hydrogen) atoms. The Labute approximate surface area is 81.9 Å². The summed E-state index contributed by atoms with van der Waals surface area (Å²) in [5.41, 5.74) is 0. The Hall–Kier alpha value is -1.78. The third-order valence-corrected chi connectivity index (χ3v) is 1.06. The second-order valence-electron chi connectivity index (χ2n) is 2.10. The van der Waals surface area contributed by atoms with Crippen molar-refractivity contribution in [1.29, 1.82) is 0 Å². The summed E-state index contributed by atoms with van der Waals surface area (Å²) >= 11 is 0. The molecule has 0 atom stereocenters. The minimum atomic E-state index is -0.875. The molecule has 0 aliphatic heterocycles. The lowest BCUT2D eigenvalue weighted by molar-refractivity contribution is -0.143. The van der Waals surface area contributed by atoms with Gasteiger partial charge in [-0.3, -0.25) is 4.79 Å². The van der Waals surface area contributed by atoms with Gasteiger partial charge in [-0.1, -0.05) is 12.7 Å². The van der Waals surface area contributed by atoms with E-state index in [0.29, 0.717) is 0 Å². The van der Waals surface area contributed by atoms with E-state index < -0.39 is 12.1 Å². The zero-order valence-corrected chi connectivity index (χ0v) is 7.73. The molecule has 0 unspecified atom stereocenters. The number of ether oxygens (including phenoxy) is 3. The number of rotatable bonds is 6. The van der Waals surface area contributed by atoms with Crippen LogP contribution in [-0.2, 0) is 19.0 Å². The van der Waals surface area contributed by atoms with Crippen molar-refractivity contribution in [3.8, 4) is 0 Å². The standard InChI is InChI=1S/C9H12O5/c1-3-5-8(10)13-6-7-14-9(11)12-4-2/h3-4H,1-2,5-7H2. The monoisotopic (exact) mass is 200 g/mol. The van der Waals surface area contributed by atoms with Crippen molar-refractivity contribution in [3.63, 3.8) is 0 Å². The predicted octanol–water partition coefficient (Wildman–Crippen LogP) is 1.40. The summed E-state index contributed by atoms with van der Waals surface area (Å²) in [6.07, 6.45) is 1.64. The van der Waals surface area contributed by atoms with Crippen molar-refractivity contribution in [2.45, 2.75) is 6.42 Å². The van der Waals surface area contributed by atoms with Gasteiger partial charge in [-0.15, -0.1) is 6.58 Å². The van der Waals surface area contributed by atoms with E-state index in [1.54, 1.807) is 0 Å². The van der Waals surface area contributed by atoms with Crippen LogP contribution in [0.3, 0.4) is 0 Å². The van der Waals surface area contributed by atoms with Crippen molar-refractivity contribution in [2.24, 2.45) is 0 Å². The van der Waals surface area contributed by atoms with Gasteiger partial charge in [0, 0.05) is 0 Å². The van der Waals surface area contributed by atoms with Crippen LogP contribution in [0.1, 0.15) is 6.42 Å². The van der Waals surface area contributed by atoms with E-state index in [0.717, 1.165) is 6.26 Å². The van der Waals surface area contributed by atoms with Gasteiger partial charge < -0.3 is 14.2 Å². The van der Waals surface area contributed by atoms with E-state index in [-0.39, 0.29) is 19.6 Å². The van der Waals surface area contributed by atoms with Gasteiger partial charge in [-0.05, 0) is 0 Å². The molecule has 0 aromatic carbocycles. The zero-order chi connectivity index (χ0) is 10.8. The van der Waals surface area contributed by atoms with Crippen molar-refractivity contribution in [1.82, 2.24) is 0 Å². The summed E-state index contributed by atoms with van der Waals surface area (Å²) in [4.78, 5) is 21.3. The highest BCUT2D eigenvalue weighted by atomic mass is 16.7. The van der Waals surface area contributed by atoms with Gasteiger partial charge in [-0.2, -0.15) is 0 Å². The molecule has 0 aromatic heterocycles. The van der Waals surface area contributed by atoms with E-state index in [2.05, 4.69) is 27.4 Å². The maximum absolute atomic E-state index is 10.7. The number of carbonyl (C=O) groups excluding carboxylic acids is 2. The number of hydrogen-bond donors (Lipinski definition) is 0. The topological polar surface area (TPSA) is 61.8 Å². The predicted molar refractivity (Wildman–Crippen MR) is 48.4 cm³/mol. The molecule has 0 saturated heterocycles. The molecule has 0 fully saturated rings. The molecule has 5 heteroatoms. The molecule has 0 amide bonds. The maximum atomic E-state index is 10.7. The number of esters is 1. The van der Waals surface area contributed by atoms with Crippen molar-refractivity contribution >= 4 is 12.1 Å². The van der Waals surface area contributed by atoms with Crippen LogP contribution in [0.2, 0.25) is 0 Å². The van der Waals surface area contributed by atoms with Crippen LogP contribution in [0.5, 0.6) is 0 Å². The van der Waals surface area contributed by atoms with Gasteiger partial charge in [0.2, 0.25) is 0 Å². The van der Waals surface area contributed by atoms with Crippen LogP contribution in [0.15, 0.2) is 25.5 Å². The first kappa shape index (κ1) is 12.2. The summed E-state index contributed by atoms with van der Waals surface area (Å²) in [6.45, 7) is 6.48. The van der Waals surface area contributed by atoms with E-state index in [4.69, 9.17) is 0 Å². The molecule has 0 radical (unpaired) electrons. The Balaban J connectivity index is 3.36. The highest BCUT2D eigenvalue weighted by Crippen LogP contribution is 1.89. The highest BCUT2D eigenvalue weighted by Gasteiger charge is 2.02. The Morgan fingerprint density at radius 3 is 2.36 bits per heavy atom. The zero-order valence-electron chi connectivity index (χ0n) is 7.73. The molecule has 0 aliphatic rings. The third kappa shape index (κ3) is 6.90. The summed E-state index contributed by atoms with van der Waals surface area (Å²) in [7, 11) is 0. The summed E-state index contributed by atoms with van der Waals surface area (Å²) in [5.74, 6) is -0.416. The molecule has 0 N–H and O–H groups in total. The van der Waals surface area contributed by atoms with E-state index in [1.807, 2.05) is 0 Å². The van der Waals surface area contributed by atoms with Gasteiger partial charge in [-0.25, -0.2) is 4.79 Å². The fourth-order valence-corrected chi connectivity index (χ4v) is 0.559. The molecule has 0 spiro atoms. The molecular formula is C9H12O5. The third-order valence-electron chi connectivity index (χ3n) is 1.06. The average Bonchev–Trinajstić information content (AvgIpc) is 2.13. The average molecular weight is 200 g/mol. The fraction of sp³-hybridized carbons (Fsp3) is 0.333. The first-order chi connectivity index (χ1) is 6.70. The first-order valence-corrected chi connectivity index (χ1v) is 3.91. The molecule has 0 saturated carbocycles. The SMILES string of the molecule is C=CCC(=O)OCCOC(=O)OC=C. The van der Waals surface area contributed by atoms with Crippen LogP contribution in [0.25, 0.3) is 0 Å². The Morgan fingerprint density at radius 1 is 1.14 bits per heavy atom. The lowest BCUT2D eigenvalue weighted by Crippen LogP contribution is -2.12. The lowest BCUT2D eigenvalue weighted by Gasteiger charge is -2.03. The Kier molecular flexibility index (Phi) is 6.85. The minimum absolute atomic E-state index is 0.00108. The van der Waals surface area contributed by atoms with Crippen LogP contribution >= 0.6 is 0 Å². The van der Waals surface area contributed by atoms with E-state index in [9.17, 15) is 9.59 Å². The quantitative estimate of drug-likeness (QED) is 0.280. The molecule has 78 valence electrons. The molecule has 0 heterocycles. The highest BCUT2D eigenvalue weighted by molar-refractivity contribution is 5.70. The summed E-state index contributed by atoms with van der Waals surface area (Å²) in [6, 6.07) is 0. The summed E-state index contributed by atoms with van der Waals surface area (Å²) < 4.78 is 13.4. The maximum Gasteiger partial charge on any atom is 0.513 e. The number of carbonyl (C=O) groups is 2. The minimum Gasteiger partial charge on any atom is -0.462 e. The summed E-state index contributed by atoms with van der Waals surface area (Å²) in [5, 5.41) is 0. The van der Waals surface area contributed by atoms with Gasteiger partial charge in [0.15, 0.2) is 0 Å². The Bertz CT molecular complexity index is 197. The Morgan fingerprint density at radius 2 is 1.79 bits per heavy atom. The number of hydrogen-bond acceptors (Lipinski definition) is 5. The molecule has 5 nitrogen and oxygen atoms in total. The van der Waals surface area contributed by atoms with Crippen LogP contribution in [-0.4, -0.2) is 25.3 Å². The largest absolute Gasteiger partial charge is 0.513 e. The van der Waals surface area contributed by atoms with Crippen LogP contribution in [0, 0.1) is 0 Å².